The molecule has 158 valence electrons. The minimum Gasteiger partial charge on any atom is -0.357 e. The Morgan fingerprint density at radius 3 is 2.84 bits per heavy atom. The van der Waals surface area contributed by atoms with E-state index in [1.807, 2.05) is 34.2 Å². The Labute approximate surface area is 181 Å². The molecule has 5 rings (SSSR count). The molecule has 6 heteroatoms. The van der Waals surface area contributed by atoms with Crippen LogP contribution < -0.4 is 0 Å². The van der Waals surface area contributed by atoms with Gasteiger partial charge in [0.05, 0.1) is 0 Å². The molecule has 3 aromatic heterocycles. The van der Waals surface area contributed by atoms with Crippen LogP contribution in [0.25, 0.3) is 22.0 Å². The van der Waals surface area contributed by atoms with Crippen LogP contribution in [0.1, 0.15) is 36.4 Å². The summed E-state index contributed by atoms with van der Waals surface area (Å²) in [6.45, 7) is 4.35. The van der Waals surface area contributed by atoms with Gasteiger partial charge in [0.1, 0.15) is 0 Å². The molecule has 31 heavy (non-hydrogen) atoms. The summed E-state index contributed by atoms with van der Waals surface area (Å²) in [6.07, 6.45) is 9.92. The molecule has 1 saturated heterocycles. The van der Waals surface area contributed by atoms with Crippen molar-refractivity contribution >= 4 is 16.8 Å². The summed E-state index contributed by atoms with van der Waals surface area (Å²) in [5, 5.41) is 5.45. The predicted molar refractivity (Wildman–Crippen MR) is 122 cm³/mol. The van der Waals surface area contributed by atoms with E-state index in [9.17, 15) is 4.79 Å². The van der Waals surface area contributed by atoms with Gasteiger partial charge in [-0.25, -0.2) is 0 Å². The van der Waals surface area contributed by atoms with Gasteiger partial charge in [-0.1, -0.05) is 18.2 Å². The second-order valence-electron chi connectivity index (χ2n) is 8.35. The number of nitrogens with zero attached hydrogens (tertiary/aromatic N) is 4. The van der Waals surface area contributed by atoms with Gasteiger partial charge >= 0.3 is 0 Å². The first-order valence-electron chi connectivity index (χ1n) is 11.0. The minimum absolute atomic E-state index is 0.206. The highest BCUT2D eigenvalue weighted by Gasteiger charge is 2.28. The second kappa shape index (κ2) is 8.38. The van der Waals surface area contributed by atoms with Crippen molar-refractivity contribution in [1.29, 1.82) is 0 Å². The highest BCUT2D eigenvalue weighted by molar-refractivity contribution is 5.99. The van der Waals surface area contributed by atoms with E-state index in [-0.39, 0.29) is 11.8 Å². The summed E-state index contributed by atoms with van der Waals surface area (Å²) >= 11 is 0. The molecule has 1 amide bonds. The van der Waals surface area contributed by atoms with Crippen LogP contribution in [0.15, 0.2) is 61.2 Å². The van der Waals surface area contributed by atoms with Crippen molar-refractivity contribution in [2.45, 2.75) is 38.6 Å². The highest BCUT2D eigenvalue weighted by atomic mass is 16.2. The van der Waals surface area contributed by atoms with Gasteiger partial charge in [-0.3, -0.25) is 14.5 Å². The number of pyridine rings is 1. The first-order valence-corrected chi connectivity index (χ1v) is 11.0. The van der Waals surface area contributed by atoms with E-state index in [4.69, 9.17) is 0 Å². The van der Waals surface area contributed by atoms with Crippen LogP contribution in [0, 0.1) is 6.92 Å². The number of likely N-dealkylation sites (tertiary alicyclic amines) is 1. The number of piperidine rings is 1. The average Bonchev–Trinajstić information content (AvgIpc) is 3.47. The van der Waals surface area contributed by atoms with Gasteiger partial charge in [0.15, 0.2) is 0 Å². The van der Waals surface area contributed by atoms with Crippen LogP contribution in [0.2, 0.25) is 0 Å². The number of nitrogens with one attached hydrogen (secondary N) is 1. The van der Waals surface area contributed by atoms with Crippen molar-refractivity contribution in [2.24, 2.45) is 0 Å². The van der Waals surface area contributed by atoms with Gasteiger partial charge in [0.25, 0.3) is 0 Å². The lowest BCUT2D eigenvalue weighted by Crippen LogP contribution is -2.39. The Balaban J connectivity index is 1.44. The molecule has 0 spiro atoms. The third kappa shape index (κ3) is 3.85. The van der Waals surface area contributed by atoms with Gasteiger partial charge in [-0.2, -0.15) is 5.10 Å². The quantitative estimate of drug-likeness (QED) is 0.523. The molecule has 0 radical (unpaired) electrons. The number of aromatic amines is 1. The van der Waals surface area contributed by atoms with Crippen molar-refractivity contribution in [2.75, 3.05) is 13.1 Å². The maximum absolute atomic E-state index is 12.9. The maximum Gasteiger partial charge on any atom is 0.224 e. The fourth-order valence-corrected chi connectivity index (χ4v) is 4.76. The molecule has 4 aromatic rings. The highest BCUT2D eigenvalue weighted by Crippen LogP contribution is 2.40. The zero-order valence-electron chi connectivity index (χ0n) is 17.8. The van der Waals surface area contributed by atoms with Crippen LogP contribution in [0.5, 0.6) is 0 Å². The maximum atomic E-state index is 12.9. The summed E-state index contributed by atoms with van der Waals surface area (Å²) < 4.78 is 1.82. The number of benzene rings is 1. The normalized spacial score (nSPS) is 16.7. The standard InChI is InChI=1S/C25H27N5O/c1-18-5-2-7-21-23(19-8-12-26-13-9-19)25(28-24(18)21)20-6-3-14-29(17-20)22(31)10-16-30-15-4-11-27-30/h2,4-5,7-9,11-13,15,20,28H,3,6,10,14,16-17H2,1H3. The van der Waals surface area contributed by atoms with E-state index in [2.05, 4.69) is 52.3 Å². The SMILES string of the molecule is Cc1cccc2c(-c3ccncc3)c(C3CCCN(C(=O)CCn4cccn4)C3)[nH]c12. The summed E-state index contributed by atoms with van der Waals surface area (Å²) in [5.41, 5.74) is 6.08. The summed E-state index contributed by atoms with van der Waals surface area (Å²) in [6, 6.07) is 12.5. The number of aromatic nitrogens is 4. The molecule has 1 fully saturated rings. The van der Waals surface area contributed by atoms with Crippen molar-refractivity contribution in [1.82, 2.24) is 24.6 Å². The molecule has 4 heterocycles. The molecular weight excluding hydrogens is 386 g/mol. The fourth-order valence-electron chi connectivity index (χ4n) is 4.76. The predicted octanol–water partition coefficient (Wildman–Crippen LogP) is 4.53. The van der Waals surface area contributed by atoms with Crippen LogP contribution in [-0.4, -0.2) is 43.6 Å². The van der Waals surface area contributed by atoms with E-state index in [0.29, 0.717) is 13.0 Å². The largest absolute Gasteiger partial charge is 0.357 e. The van der Waals surface area contributed by atoms with Gasteiger partial charge in [0.2, 0.25) is 5.91 Å². The Kier molecular flexibility index (Phi) is 5.28. The van der Waals surface area contributed by atoms with Gasteiger partial charge in [-0.15, -0.1) is 0 Å². The van der Waals surface area contributed by atoms with Crippen molar-refractivity contribution in [3.63, 3.8) is 0 Å². The zero-order valence-corrected chi connectivity index (χ0v) is 17.8. The molecule has 0 aliphatic carbocycles. The molecule has 0 saturated carbocycles. The van der Waals surface area contributed by atoms with E-state index in [1.54, 1.807) is 6.20 Å². The van der Waals surface area contributed by atoms with E-state index in [0.717, 1.165) is 25.9 Å². The monoisotopic (exact) mass is 413 g/mol. The molecule has 0 bridgehead atoms. The first-order chi connectivity index (χ1) is 15.2. The first kappa shape index (κ1) is 19.5. The fraction of sp³-hybridized carbons (Fsp3) is 0.320. The molecule has 1 unspecified atom stereocenters. The van der Waals surface area contributed by atoms with E-state index < -0.39 is 0 Å². The molecule has 6 nitrogen and oxygen atoms in total. The van der Waals surface area contributed by atoms with Crippen LogP contribution in [0.4, 0.5) is 0 Å². The molecule has 1 aliphatic heterocycles. The number of carbonyl (C=O) groups is 1. The average molecular weight is 414 g/mol. The topological polar surface area (TPSA) is 66.8 Å². The number of rotatable bonds is 5. The molecular formula is C25H27N5O. The minimum atomic E-state index is 0.206. The van der Waals surface area contributed by atoms with Crippen LogP contribution in [0.3, 0.4) is 0 Å². The van der Waals surface area contributed by atoms with Crippen molar-refractivity contribution in [3.8, 4) is 11.1 Å². The Hall–Kier alpha value is -3.41. The third-order valence-electron chi connectivity index (χ3n) is 6.34. The number of fused-ring (bicyclic) bond motifs is 1. The molecule has 1 N–H and O–H groups in total. The number of H-pyrrole nitrogens is 1. The second-order valence-corrected chi connectivity index (χ2v) is 8.35. The Morgan fingerprint density at radius 2 is 2.03 bits per heavy atom. The number of carbonyl (C=O) groups excluding carboxylic acids is 1. The molecule has 1 atom stereocenters. The zero-order chi connectivity index (χ0) is 21.2. The third-order valence-corrected chi connectivity index (χ3v) is 6.34. The Morgan fingerprint density at radius 1 is 1.16 bits per heavy atom. The molecule has 1 aliphatic rings. The lowest BCUT2D eigenvalue weighted by Gasteiger charge is -2.33. The van der Waals surface area contributed by atoms with Gasteiger partial charge in [-0.05, 0) is 49.1 Å². The van der Waals surface area contributed by atoms with Gasteiger partial charge in [0, 0.05) is 78.9 Å². The molecule has 1 aromatic carbocycles. The van der Waals surface area contributed by atoms with Crippen molar-refractivity contribution < 1.29 is 4.79 Å². The summed E-state index contributed by atoms with van der Waals surface area (Å²) in [4.78, 5) is 22.9. The lowest BCUT2D eigenvalue weighted by molar-refractivity contribution is -0.132. The van der Waals surface area contributed by atoms with E-state index in [1.165, 1.54) is 33.3 Å². The number of hydrogen-bond donors (Lipinski definition) is 1. The van der Waals surface area contributed by atoms with Crippen LogP contribution in [-0.2, 0) is 11.3 Å². The van der Waals surface area contributed by atoms with Crippen LogP contribution >= 0.6 is 0 Å². The van der Waals surface area contributed by atoms with Gasteiger partial charge < -0.3 is 9.88 Å². The number of hydrogen-bond acceptors (Lipinski definition) is 3. The summed E-state index contributed by atoms with van der Waals surface area (Å²) in [7, 11) is 0. The van der Waals surface area contributed by atoms with E-state index >= 15 is 0 Å². The lowest BCUT2D eigenvalue weighted by atomic mass is 9.89. The number of aryl methyl sites for hydroxylation is 2. The smallest absolute Gasteiger partial charge is 0.224 e. The summed E-state index contributed by atoms with van der Waals surface area (Å²) in [5.74, 6) is 0.496. The number of amides is 1. The van der Waals surface area contributed by atoms with Crippen molar-refractivity contribution in [3.05, 3.63) is 72.4 Å². The Bertz CT molecular complexity index is 1180. The number of para-hydroxylation sites is 1.